The molecule has 0 aliphatic carbocycles. The molecule has 0 aliphatic heterocycles. The van der Waals surface area contributed by atoms with Crippen molar-refractivity contribution in [2.75, 3.05) is 5.32 Å². The molecule has 2 rings (SSSR count). The van der Waals surface area contributed by atoms with Gasteiger partial charge in [-0.1, -0.05) is 34.8 Å². The number of carbonyl (C=O) groups is 2. The van der Waals surface area contributed by atoms with Crippen molar-refractivity contribution in [1.29, 1.82) is 0 Å². The summed E-state index contributed by atoms with van der Waals surface area (Å²) in [5, 5.41) is 3.49. The predicted octanol–water partition coefficient (Wildman–Crippen LogP) is 4.23. The first kappa shape index (κ1) is 17.5. The van der Waals surface area contributed by atoms with Gasteiger partial charge in [0.25, 0.3) is 5.91 Å². The van der Waals surface area contributed by atoms with E-state index in [4.69, 9.17) is 39.5 Å². The van der Waals surface area contributed by atoms with Crippen molar-refractivity contribution in [1.82, 2.24) is 4.98 Å². The average Bonchev–Trinajstić information content (AvgIpc) is 2.50. The molecule has 0 saturated carbocycles. The quantitative estimate of drug-likeness (QED) is 0.815. The Morgan fingerprint density at radius 1 is 1.13 bits per heavy atom. The van der Waals surface area contributed by atoms with Gasteiger partial charge in [0.2, 0.25) is 0 Å². The summed E-state index contributed by atoms with van der Waals surface area (Å²) in [4.78, 5) is 27.9. The normalized spacial score (nSPS) is 11.7. The second-order valence-corrected chi connectivity index (χ2v) is 5.81. The smallest absolute Gasteiger partial charge is 0.338 e. The van der Waals surface area contributed by atoms with E-state index in [0.29, 0.717) is 10.0 Å². The molecule has 1 N–H and O–H groups in total. The molecule has 120 valence electrons. The number of nitrogens with one attached hydrogen (secondary N) is 1. The molecule has 0 fully saturated rings. The molecule has 1 aromatic heterocycles. The number of rotatable bonds is 4. The highest BCUT2D eigenvalue weighted by molar-refractivity contribution is 6.36. The number of ether oxygens (including phenoxy) is 1. The lowest BCUT2D eigenvalue weighted by Gasteiger charge is -2.13. The molecule has 0 radical (unpaired) electrons. The van der Waals surface area contributed by atoms with E-state index in [1.165, 1.54) is 31.3 Å². The summed E-state index contributed by atoms with van der Waals surface area (Å²) in [6.07, 6.45) is 0.305. The van der Waals surface area contributed by atoms with Crippen molar-refractivity contribution in [3.05, 3.63) is 57.2 Å². The van der Waals surface area contributed by atoms with Gasteiger partial charge in [0.05, 0.1) is 15.6 Å². The third-order valence-electron chi connectivity index (χ3n) is 2.78. The van der Waals surface area contributed by atoms with Gasteiger partial charge in [-0.15, -0.1) is 0 Å². The van der Waals surface area contributed by atoms with Crippen LogP contribution in [0.3, 0.4) is 0 Å². The first-order valence-corrected chi connectivity index (χ1v) is 7.58. The fourth-order valence-corrected chi connectivity index (χ4v) is 2.15. The monoisotopic (exact) mass is 372 g/mol. The Balaban J connectivity index is 1.99. The van der Waals surface area contributed by atoms with Crippen LogP contribution in [0.5, 0.6) is 0 Å². The molecule has 0 aliphatic rings. The van der Waals surface area contributed by atoms with Gasteiger partial charge in [-0.2, -0.15) is 0 Å². The summed E-state index contributed by atoms with van der Waals surface area (Å²) in [5.41, 5.74) is 0.289. The Hall–Kier alpha value is -1.82. The molecule has 23 heavy (non-hydrogen) atoms. The van der Waals surface area contributed by atoms with Gasteiger partial charge in [0.1, 0.15) is 0 Å². The maximum atomic E-state index is 12.0. The molecule has 1 aromatic carbocycles. The third kappa shape index (κ3) is 4.82. The number of carbonyl (C=O) groups excluding carboxylic acids is 2. The highest BCUT2D eigenvalue weighted by Crippen LogP contribution is 2.22. The van der Waals surface area contributed by atoms with Crippen molar-refractivity contribution in [3.8, 4) is 0 Å². The second-order valence-electron chi connectivity index (χ2n) is 4.53. The second kappa shape index (κ2) is 7.64. The summed E-state index contributed by atoms with van der Waals surface area (Å²) in [5.74, 6) is -1.07. The SMILES string of the molecule is C[C@@H](OC(=O)c1ccc(Cl)cc1)C(=O)Nc1ncc(Cl)cc1Cl. The fourth-order valence-electron chi connectivity index (χ4n) is 1.59. The van der Waals surface area contributed by atoms with Crippen LogP contribution in [0.1, 0.15) is 17.3 Å². The van der Waals surface area contributed by atoms with Crippen LogP contribution in [0, 0.1) is 0 Å². The Bertz CT molecular complexity index is 735. The van der Waals surface area contributed by atoms with Crippen molar-refractivity contribution >= 4 is 52.5 Å². The summed E-state index contributed by atoms with van der Waals surface area (Å²) >= 11 is 17.4. The van der Waals surface area contributed by atoms with Crippen molar-refractivity contribution in [3.63, 3.8) is 0 Å². The summed E-state index contributed by atoms with van der Waals surface area (Å²) < 4.78 is 5.08. The molecule has 0 spiro atoms. The Labute approximate surface area is 147 Å². The first-order chi connectivity index (χ1) is 10.9. The number of anilines is 1. The van der Waals surface area contributed by atoms with Crippen LogP contribution >= 0.6 is 34.8 Å². The zero-order chi connectivity index (χ0) is 17.0. The summed E-state index contributed by atoms with van der Waals surface area (Å²) in [6.45, 7) is 1.44. The Morgan fingerprint density at radius 2 is 1.78 bits per heavy atom. The van der Waals surface area contributed by atoms with Crippen LogP contribution < -0.4 is 5.32 Å². The van der Waals surface area contributed by atoms with Crippen LogP contribution in [0.4, 0.5) is 5.82 Å². The van der Waals surface area contributed by atoms with Crippen molar-refractivity contribution in [2.24, 2.45) is 0 Å². The lowest BCUT2D eigenvalue weighted by molar-refractivity contribution is -0.123. The minimum atomic E-state index is -1.04. The molecule has 0 unspecified atom stereocenters. The van der Waals surface area contributed by atoms with Crippen molar-refractivity contribution in [2.45, 2.75) is 13.0 Å². The number of esters is 1. The van der Waals surface area contributed by atoms with Gasteiger partial charge in [-0.05, 0) is 37.3 Å². The summed E-state index contributed by atoms with van der Waals surface area (Å²) in [7, 11) is 0. The lowest BCUT2D eigenvalue weighted by Crippen LogP contribution is -2.30. The molecular weight excluding hydrogens is 363 g/mol. The van der Waals surface area contributed by atoms with Gasteiger partial charge in [0, 0.05) is 11.2 Å². The summed E-state index contributed by atoms with van der Waals surface area (Å²) in [6, 6.07) is 7.57. The van der Waals surface area contributed by atoms with E-state index in [-0.39, 0.29) is 16.4 Å². The van der Waals surface area contributed by atoms with E-state index < -0.39 is 18.0 Å². The highest BCUT2D eigenvalue weighted by Gasteiger charge is 2.20. The van der Waals surface area contributed by atoms with Gasteiger partial charge in [-0.3, -0.25) is 4.79 Å². The molecule has 1 heterocycles. The van der Waals surface area contributed by atoms with Gasteiger partial charge in [-0.25, -0.2) is 9.78 Å². The lowest BCUT2D eigenvalue weighted by atomic mass is 10.2. The average molecular weight is 374 g/mol. The number of benzene rings is 1. The molecular formula is C15H11Cl3N2O3. The number of amides is 1. The van der Waals surface area contributed by atoms with Crippen LogP contribution in [0.15, 0.2) is 36.5 Å². The van der Waals surface area contributed by atoms with Crippen molar-refractivity contribution < 1.29 is 14.3 Å². The maximum absolute atomic E-state index is 12.0. The van der Waals surface area contributed by atoms with Crippen LogP contribution in [0.25, 0.3) is 0 Å². The first-order valence-electron chi connectivity index (χ1n) is 6.45. The number of halogens is 3. The van der Waals surface area contributed by atoms with Gasteiger partial charge >= 0.3 is 5.97 Å². The van der Waals surface area contributed by atoms with E-state index in [2.05, 4.69) is 10.3 Å². The molecule has 0 bridgehead atoms. The molecule has 2 aromatic rings. The molecule has 0 saturated heterocycles. The largest absolute Gasteiger partial charge is 0.449 e. The fraction of sp³-hybridized carbons (Fsp3) is 0.133. The Morgan fingerprint density at radius 3 is 2.39 bits per heavy atom. The number of aromatic nitrogens is 1. The molecule has 1 atom stereocenters. The number of pyridine rings is 1. The molecule has 8 heteroatoms. The van der Waals surface area contributed by atoms with Crippen LogP contribution in [-0.4, -0.2) is 23.0 Å². The Kier molecular flexibility index (Phi) is 5.82. The number of hydrogen-bond donors (Lipinski definition) is 1. The number of hydrogen-bond acceptors (Lipinski definition) is 4. The standard InChI is InChI=1S/C15H11Cl3N2O3/c1-8(23-15(22)9-2-4-10(16)5-3-9)14(21)20-13-12(18)6-11(17)7-19-13/h2-8H,1H3,(H,19,20,21)/t8-/m1/s1. The van der Waals surface area contributed by atoms with Crippen LogP contribution in [-0.2, 0) is 9.53 Å². The number of nitrogens with zero attached hydrogens (tertiary/aromatic N) is 1. The highest BCUT2D eigenvalue weighted by atomic mass is 35.5. The predicted molar refractivity (Wildman–Crippen MR) is 89.2 cm³/mol. The van der Waals surface area contributed by atoms with Gasteiger partial charge in [0.15, 0.2) is 11.9 Å². The maximum Gasteiger partial charge on any atom is 0.338 e. The van der Waals surface area contributed by atoms with E-state index >= 15 is 0 Å². The van der Waals surface area contributed by atoms with Crippen LogP contribution in [0.2, 0.25) is 15.1 Å². The minimum Gasteiger partial charge on any atom is -0.449 e. The zero-order valence-corrected chi connectivity index (χ0v) is 14.1. The van der Waals surface area contributed by atoms with E-state index in [1.807, 2.05) is 0 Å². The topological polar surface area (TPSA) is 68.3 Å². The minimum absolute atomic E-state index is 0.135. The van der Waals surface area contributed by atoms with E-state index in [1.54, 1.807) is 12.1 Å². The molecule has 1 amide bonds. The zero-order valence-electron chi connectivity index (χ0n) is 11.8. The third-order valence-corrected chi connectivity index (χ3v) is 3.53. The van der Waals surface area contributed by atoms with E-state index in [0.717, 1.165) is 0 Å². The van der Waals surface area contributed by atoms with E-state index in [9.17, 15) is 9.59 Å². The molecule has 5 nitrogen and oxygen atoms in total. The van der Waals surface area contributed by atoms with Gasteiger partial charge < -0.3 is 10.1 Å².